The first-order chi connectivity index (χ1) is 6.40. The van der Waals surface area contributed by atoms with Gasteiger partial charge in [-0.3, -0.25) is 11.3 Å². The van der Waals surface area contributed by atoms with Gasteiger partial charge in [0.05, 0.1) is 0 Å². The maximum absolute atomic E-state index is 5.55. The molecule has 3 N–H and O–H groups in total. The molecule has 1 unspecified atom stereocenters. The van der Waals surface area contributed by atoms with Gasteiger partial charge in [0.25, 0.3) is 0 Å². The molecule has 2 rings (SSSR count). The van der Waals surface area contributed by atoms with Crippen molar-refractivity contribution in [2.45, 2.75) is 31.7 Å². The van der Waals surface area contributed by atoms with E-state index in [0.717, 1.165) is 12.3 Å². The summed E-state index contributed by atoms with van der Waals surface area (Å²) in [5.74, 6) is 6.36. The summed E-state index contributed by atoms with van der Waals surface area (Å²) in [5, 5.41) is 4.34. The van der Waals surface area contributed by atoms with Crippen LogP contribution in [-0.4, -0.2) is 6.04 Å². The molecule has 0 spiro atoms. The largest absolute Gasteiger partial charge is 0.271 e. The minimum Gasteiger partial charge on any atom is -0.271 e. The van der Waals surface area contributed by atoms with E-state index < -0.39 is 0 Å². The predicted octanol–water partition coefficient (Wildman–Crippen LogP) is 1.92. The number of rotatable bonds is 4. The van der Waals surface area contributed by atoms with E-state index in [0.29, 0.717) is 6.04 Å². The summed E-state index contributed by atoms with van der Waals surface area (Å²) in [6.45, 7) is 0. The van der Waals surface area contributed by atoms with Crippen LogP contribution in [0.4, 0.5) is 0 Å². The quantitative estimate of drug-likeness (QED) is 0.570. The lowest BCUT2D eigenvalue weighted by atomic mass is 9.78. The van der Waals surface area contributed by atoms with E-state index in [-0.39, 0.29) is 0 Å². The van der Waals surface area contributed by atoms with E-state index in [1.54, 1.807) is 11.3 Å². The standard InChI is InChI=1S/C10H16N2S/c11-12-10(9-2-1-3-9)6-8-4-5-13-7-8/h4-5,7,9-10,12H,1-3,6,11H2. The molecule has 0 bridgehead atoms. The minimum absolute atomic E-state index is 0.489. The highest BCUT2D eigenvalue weighted by atomic mass is 32.1. The van der Waals surface area contributed by atoms with Crippen molar-refractivity contribution < 1.29 is 0 Å². The zero-order valence-electron chi connectivity index (χ0n) is 7.70. The summed E-state index contributed by atoms with van der Waals surface area (Å²) in [7, 11) is 0. The third kappa shape index (κ3) is 2.10. The van der Waals surface area contributed by atoms with Crippen molar-refractivity contribution in [3.63, 3.8) is 0 Å². The van der Waals surface area contributed by atoms with Crippen LogP contribution in [0.3, 0.4) is 0 Å². The fourth-order valence-corrected chi connectivity index (χ4v) is 2.55. The molecule has 1 atom stereocenters. The molecular formula is C10H16N2S. The Labute approximate surface area is 83.1 Å². The molecule has 0 amide bonds. The molecule has 0 radical (unpaired) electrons. The molecular weight excluding hydrogens is 180 g/mol. The van der Waals surface area contributed by atoms with Gasteiger partial charge in [0, 0.05) is 6.04 Å². The molecule has 1 aliphatic carbocycles. The Bertz CT molecular complexity index is 241. The average molecular weight is 196 g/mol. The lowest BCUT2D eigenvalue weighted by Crippen LogP contribution is -2.44. The minimum atomic E-state index is 0.489. The van der Waals surface area contributed by atoms with Crippen LogP contribution in [0.25, 0.3) is 0 Å². The molecule has 72 valence electrons. The summed E-state index contributed by atoms with van der Waals surface area (Å²) in [6, 6.07) is 2.68. The molecule has 0 aromatic carbocycles. The van der Waals surface area contributed by atoms with E-state index in [1.807, 2.05) is 0 Å². The van der Waals surface area contributed by atoms with Crippen LogP contribution >= 0.6 is 11.3 Å². The Kier molecular flexibility index (Phi) is 2.98. The normalized spacial score (nSPS) is 19.8. The summed E-state index contributed by atoms with van der Waals surface area (Å²) in [6.07, 6.45) is 5.16. The lowest BCUT2D eigenvalue weighted by molar-refractivity contribution is 0.229. The second kappa shape index (κ2) is 4.22. The van der Waals surface area contributed by atoms with Gasteiger partial charge in [0.2, 0.25) is 0 Å². The van der Waals surface area contributed by atoms with Crippen molar-refractivity contribution in [2.24, 2.45) is 11.8 Å². The molecule has 1 aliphatic rings. The van der Waals surface area contributed by atoms with Gasteiger partial charge in [-0.1, -0.05) is 6.42 Å². The zero-order chi connectivity index (χ0) is 9.10. The van der Waals surface area contributed by atoms with Crippen molar-refractivity contribution in [2.75, 3.05) is 0 Å². The summed E-state index contributed by atoms with van der Waals surface area (Å²) >= 11 is 1.76. The van der Waals surface area contributed by atoms with Gasteiger partial charge in [0.1, 0.15) is 0 Å². The molecule has 1 saturated carbocycles. The third-order valence-electron chi connectivity index (χ3n) is 2.97. The van der Waals surface area contributed by atoms with Gasteiger partial charge in [-0.25, -0.2) is 0 Å². The van der Waals surface area contributed by atoms with Gasteiger partial charge >= 0.3 is 0 Å². The Morgan fingerprint density at radius 1 is 1.62 bits per heavy atom. The number of hydrazine groups is 1. The van der Waals surface area contributed by atoms with Crippen LogP contribution in [0.1, 0.15) is 24.8 Å². The van der Waals surface area contributed by atoms with Gasteiger partial charge < -0.3 is 0 Å². The first kappa shape index (κ1) is 9.19. The van der Waals surface area contributed by atoms with Crippen LogP contribution < -0.4 is 11.3 Å². The number of hydrogen-bond acceptors (Lipinski definition) is 3. The van der Waals surface area contributed by atoms with E-state index in [9.17, 15) is 0 Å². The first-order valence-electron chi connectivity index (χ1n) is 4.87. The summed E-state index contributed by atoms with van der Waals surface area (Å²) in [5.41, 5.74) is 4.36. The van der Waals surface area contributed by atoms with E-state index in [2.05, 4.69) is 22.3 Å². The van der Waals surface area contributed by atoms with Gasteiger partial charge in [-0.15, -0.1) is 0 Å². The molecule has 3 heteroatoms. The molecule has 1 aromatic rings. The van der Waals surface area contributed by atoms with Gasteiger partial charge in [-0.05, 0) is 47.6 Å². The van der Waals surface area contributed by atoms with Crippen LogP contribution in [0.5, 0.6) is 0 Å². The monoisotopic (exact) mass is 196 g/mol. The van der Waals surface area contributed by atoms with Crippen LogP contribution in [0, 0.1) is 5.92 Å². The molecule has 1 aromatic heterocycles. The molecule has 1 heterocycles. The SMILES string of the molecule is NNC(Cc1ccsc1)C1CCC1. The highest BCUT2D eigenvalue weighted by molar-refractivity contribution is 7.07. The number of hydrogen-bond donors (Lipinski definition) is 2. The number of nitrogens with two attached hydrogens (primary N) is 1. The molecule has 13 heavy (non-hydrogen) atoms. The number of nitrogens with one attached hydrogen (secondary N) is 1. The van der Waals surface area contributed by atoms with E-state index in [1.165, 1.54) is 24.8 Å². The maximum atomic E-state index is 5.55. The third-order valence-corrected chi connectivity index (χ3v) is 3.70. The Morgan fingerprint density at radius 2 is 2.46 bits per heavy atom. The van der Waals surface area contributed by atoms with Crippen molar-refractivity contribution in [1.29, 1.82) is 0 Å². The fourth-order valence-electron chi connectivity index (χ4n) is 1.87. The molecule has 2 nitrogen and oxygen atoms in total. The lowest BCUT2D eigenvalue weighted by Gasteiger charge is -2.33. The molecule has 1 fully saturated rings. The van der Waals surface area contributed by atoms with Crippen molar-refractivity contribution in [3.05, 3.63) is 22.4 Å². The number of thiophene rings is 1. The van der Waals surface area contributed by atoms with E-state index >= 15 is 0 Å². The Balaban J connectivity index is 1.90. The van der Waals surface area contributed by atoms with Crippen LogP contribution in [0.15, 0.2) is 16.8 Å². The summed E-state index contributed by atoms with van der Waals surface area (Å²) in [4.78, 5) is 0. The topological polar surface area (TPSA) is 38.0 Å². The highest BCUT2D eigenvalue weighted by Gasteiger charge is 2.26. The highest BCUT2D eigenvalue weighted by Crippen LogP contribution is 2.30. The van der Waals surface area contributed by atoms with Gasteiger partial charge in [-0.2, -0.15) is 11.3 Å². The van der Waals surface area contributed by atoms with Crippen molar-refractivity contribution in [3.8, 4) is 0 Å². The van der Waals surface area contributed by atoms with E-state index in [4.69, 9.17) is 5.84 Å². The zero-order valence-corrected chi connectivity index (χ0v) is 8.52. The van der Waals surface area contributed by atoms with Crippen molar-refractivity contribution >= 4 is 11.3 Å². The van der Waals surface area contributed by atoms with Crippen LogP contribution in [0.2, 0.25) is 0 Å². The van der Waals surface area contributed by atoms with Crippen molar-refractivity contribution in [1.82, 2.24) is 5.43 Å². The van der Waals surface area contributed by atoms with Crippen LogP contribution in [-0.2, 0) is 6.42 Å². The summed E-state index contributed by atoms with van der Waals surface area (Å²) < 4.78 is 0. The Morgan fingerprint density at radius 3 is 2.92 bits per heavy atom. The van der Waals surface area contributed by atoms with Gasteiger partial charge in [0.15, 0.2) is 0 Å². The predicted molar refractivity (Wildman–Crippen MR) is 56.5 cm³/mol. The fraction of sp³-hybridized carbons (Fsp3) is 0.600. The Hall–Kier alpha value is -0.380. The maximum Gasteiger partial charge on any atom is 0.0279 e. The first-order valence-corrected chi connectivity index (χ1v) is 5.81. The average Bonchev–Trinajstić information content (AvgIpc) is 2.52. The second-order valence-electron chi connectivity index (χ2n) is 3.80. The second-order valence-corrected chi connectivity index (χ2v) is 4.58. The molecule has 0 aliphatic heterocycles. The molecule has 0 saturated heterocycles. The smallest absolute Gasteiger partial charge is 0.0279 e.